The van der Waals surface area contributed by atoms with E-state index in [4.69, 9.17) is 11.6 Å². The standard InChI is InChI=1S/C20H21ClN2O2/c1-15(24)16-5-7-19(8-6-16)23-11-9-22(10-12-23)14-20(25)17-3-2-4-18(21)13-17/h2-8,13H,9-12,14H2,1H3. The molecule has 1 aliphatic heterocycles. The Bertz CT molecular complexity index is 766. The molecule has 0 bridgehead atoms. The Hall–Kier alpha value is -2.17. The fourth-order valence-electron chi connectivity index (χ4n) is 3.03. The molecule has 0 aromatic heterocycles. The average molecular weight is 357 g/mol. The minimum absolute atomic E-state index is 0.0795. The third kappa shape index (κ3) is 4.47. The Morgan fingerprint density at radius 2 is 1.64 bits per heavy atom. The highest BCUT2D eigenvalue weighted by atomic mass is 35.5. The molecular weight excluding hydrogens is 336 g/mol. The molecule has 0 aliphatic carbocycles. The number of carbonyl (C=O) groups excluding carboxylic acids is 2. The third-order valence-electron chi connectivity index (χ3n) is 4.53. The van der Waals surface area contributed by atoms with Crippen LogP contribution in [0.3, 0.4) is 0 Å². The largest absolute Gasteiger partial charge is 0.369 e. The van der Waals surface area contributed by atoms with Crippen LogP contribution in [0.25, 0.3) is 0 Å². The summed E-state index contributed by atoms with van der Waals surface area (Å²) in [5, 5.41) is 0.588. The number of piperazine rings is 1. The van der Waals surface area contributed by atoms with Gasteiger partial charge in [-0.1, -0.05) is 23.7 Å². The number of nitrogens with zero attached hydrogens (tertiary/aromatic N) is 2. The van der Waals surface area contributed by atoms with Gasteiger partial charge in [-0.3, -0.25) is 14.5 Å². The highest BCUT2D eigenvalue weighted by Gasteiger charge is 2.20. The van der Waals surface area contributed by atoms with Gasteiger partial charge in [0.1, 0.15) is 0 Å². The topological polar surface area (TPSA) is 40.6 Å². The van der Waals surface area contributed by atoms with Crippen LogP contribution in [-0.4, -0.2) is 49.2 Å². The predicted octanol–water partition coefficient (Wildman–Crippen LogP) is 3.55. The van der Waals surface area contributed by atoms with Crippen LogP contribution in [0.1, 0.15) is 27.6 Å². The van der Waals surface area contributed by atoms with Crippen LogP contribution < -0.4 is 4.90 Å². The van der Waals surface area contributed by atoms with E-state index in [2.05, 4.69) is 9.80 Å². The quantitative estimate of drug-likeness (QED) is 0.768. The molecule has 3 rings (SSSR count). The number of hydrogen-bond donors (Lipinski definition) is 0. The molecule has 1 heterocycles. The van der Waals surface area contributed by atoms with E-state index in [1.165, 1.54) is 0 Å². The molecule has 25 heavy (non-hydrogen) atoms. The van der Waals surface area contributed by atoms with Gasteiger partial charge < -0.3 is 4.90 Å². The Morgan fingerprint density at radius 1 is 0.960 bits per heavy atom. The van der Waals surface area contributed by atoms with Gasteiger partial charge in [0.05, 0.1) is 6.54 Å². The summed E-state index contributed by atoms with van der Waals surface area (Å²) in [6.45, 7) is 5.38. The highest BCUT2D eigenvalue weighted by molar-refractivity contribution is 6.31. The summed E-state index contributed by atoms with van der Waals surface area (Å²) in [5.74, 6) is 0.178. The molecule has 0 spiro atoms. The summed E-state index contributed by atoms with van der Waals surface area (Å²) in [6, 6.07) is 14.8. The van der Waals surface area contributed by atoms with Crippen LogP contribution in [0, 0.1) is 0 Å². The summed E-state index contributed by atoms with van der Waals surface area (Å²) in [4.78, 5) is 28.2. The minimum atomic E-state index is 0.0795. The van der Waals surface area contributed by atoms with E-state index in [1.54, 1.807) is 31.2 Å². The van der Waals surface area contributed by atoms with Crippen molar-refractivity contribution in [1.29, 1.82) is 0 Å². The van der Waals surface area contributed by atoms with Gasteiger partial charge >= 0.3 is 0 Å². The summed E-state index contributed by atoms with van der Waals surface area (Å²) in [7, 11) is 0. The van der Waals surface area contributed by atoms with Crippen molar-refractivity contribution < 1.29 is 9.59 Å². The van der Waals surface area contributed by atoms with Crippen molar-refractivity contribution in [3.63, 3.8) is 0 Å². The SMILES string of the molecule is CC(=O)c1ccc(N2CCN(CC(=O)c3cccc(Cl)c3)CC2)cc1. The molecule has 0 saturated carbocycles. The van der Waals surface area contributed by atoms with Crippen LogP contribution in [0.4, 0.5) is 5.69 Å². The summed E-state index contributed by atoms with van der Waals surface area (Å²) in [5.41, 5.74) is 2.51. The van der Waals surface area contributed by atoms with Gasteiger partial charge in [-0.2, -0.15) is 0 Å². The summed E-state index contributed by atoms with van der Waals surface area (Å²) >= 11 is 5.96. The maximum atomic E-state index is 12.4. The molecule has 130 valence electrons. The van der Waals surface area contributed by atoms with Crippen molar-refractivity contribution in [3.05, 3.63) is 64.7 Å². The Balaban J connectivity index is 1.55. The highest BCUT2D eigenvalue weighted by Crippen LogP contribution is 2.18. The number of rotatable bonds is 5. The Labute approximate surface area is 153 Å². The minimum Gasteiger partial charge on any atom is -0.369 e. The van der Waals surface area contributed by atoms with E-state index in [-0.39, 0.29) is 11.6 Å². The van der Waals surface area contributed by atoms with Gasteiger partial charge in [0.2, 0.25) is 0 Å². The zero-order chi connectivity index (χ0) is 17.8. The van der Waals surface area contributed by atoms with Crippen molar-refractivity contribution in [3.8, 4) is 0 Å². The maximum absolute atomic E-state index is 12.4. The molecule has 0 atom stereocenters. The zero-order valence-corrected chi connectivity index (χ0v) is 15.0. The number of Topliss-reactive ketones (excluding diaryl/α,β-unsaturated/α-hetero) is 2. The van der Waals surface area contributed by atoms with E-state index in [0.29, 0.717) is 17.1 Å². The summed E-state index contributed by atoms with van der Waals surface area (Å²) in [6.07, 6.45) is 0. The number of halogens is 1. The average Bonchev–Trinajstić information content (AvgIpc) is 2.62. The smallest absolute Gasteiger partial charge is 0.176 e. The van der Waals surface area contributed by atoms with Crippen LogP contribution in [0.2, 0.25) is 5.02 Å². The second-order valence-electron chi connectivity index (χ2n) is 6.30. The van der Waals surface area contributed by atoms with Crippen molar-refractivity contribution >= 4 is 28.9 Å². The van der Waals surface area contributed by atoms with Crippen molar-refractivity contribution in [2.75, 3.05) is 37.6 Å². The fraction of sp³-hybridized carbons (Fsp3) is 0.300. The van der Waals surface area contributed by atoms with Crippen molar-refractivity contribution in [1.82, 2.24) is 4.90 Å². The number of anilines is 1. The lowest BCUT2D eigenvalue weighted by atomic mass is 10.1. The van der Waals surface area contributed by atoms with E-state index >= 15 is 0 Å². The number of ketones is 2. The molecule has 4 nitrogen and oxygen atoms in total. The first-order valence-corrected chi connectivity index (χ1v) is 8.78. The summed E-state index contributed by atoms with van der Waals surface area (Å²) < 4.78 is 0. The first-order valence-electron chi connectivity index (χ1n) is 8.40. The van der Waals surface area contributed by atoms with Crippen molar-refractivity contribution in [2.24, 2.45) is 0 Å². The Morgan fingerprint density at radius 3 is 2.24 bits per heavy atom. The van der Waals surface area contributed by atoms with E-state index in [0.717, 1.165) is 37.4 Å². The third-order valence-corrected chi connectivity index (χ3v) is 4.76. The monoisotopic (exact) mass is 356 g/mol. The van der Waals surface area contributed by atoms with Gasteiger partial charge in [-0.05, 0) is 43.3 Å². The van der Waals surface area contributed by atoms with E-state index in [1.807, 2.05) is 24.3 Å². The second-order valence-corrected chi connectivity index (χ2v) is 6.74. The predicted molar refractivity (Wildman–Crippen MR) is 101 cm³/mol. The van der Waals surface area contributed by atoms with Gasteiger partial charge in [0.25, 0.3) is 0 Å². The molecule has 2 aromatic rings. The fourth-order valence-corrected chi connectivity index (χ4v) is 3.22. The maximum Gasteiger partial charge on any atom is 0.176 e. The van der Waals surface area contributed by atoms with Crippen LogP contribution in [0.15, 0.2) is 48.5 Å². The number of hydrogen-bond acceptors (Lipinski definition) is 4. The lowest BCUT2D eigenvalue weighted by Crippen LogP contribution is -2.48. The molecule has 1 aliphatic rings. The van der Waals surface area contributed by atoms with E-state index in [9.17, 15) is 9.59 Å². The molecule has 0 N–H and O–H groups in total. The van der Waals surface area contributed by atoms with Gasteiger partial charge in [0, 0.05) is 48.0 Å². The van der Waals surface area contributed by atoms with Crippen molar-refractivity contribution in [2.45, 2.75) is 6.92 Å². The molecular formula is C20H21ClN2O2. The molecule has 0 unspecified atom stereocenters. The van der Waals surface area contributed by atoms with Gasteiger partial charge in [-0.25, -0.2) is 0 Å². The molecule has 2 aromatic carbocycles. The molecule has 5 heteroatoms. The van der Waals surface area contributed by atoms with Crippen LogP contribution in [-0.2, 0) is 0 Å². The van der Waals surface area contributed by atoms with Crippen LogP contribution >= 0.6 is 11.6 Å². The normalized spacial score (nSPS) is 15.2. The van der Waals surface area contributed by atoms with Gasteiger partial charge in [0.15, 0.2) is 11.6 Å². The number of benzene rings is 2. The number of carbonyl (C=O) groups is 2. The molecule has 1 fully saturated rings. The first kappa shape index (κ1) is 17.6. The van der Waals surface area contributed by atoms with E-state index < -0.39 is 0 Å². The lowest BCUT2D eigenvalue weighted by molar-refractivity contribution is 0.0926. The second kappa shape index (κ2) is 7.81. The molecule has 1 saturated heterocycles. The Kier molecular flexibility index (Phi) is 5.51. The molecule has 0 amide bonds. The van der Waals surface area contributed by atoms with Gasteiger partial charge in [-0.15, -0.1) is 0 Å². The molecule has 0 radical (unpaired) electrons. The lowest BCUT2D eigenvalue weighted by Gasteiger charge is -2.35. The first-order chi connectivity index (χ1) is 12.0. The van der Waals surface area contributed by atoms with Crippen LogP contribution in [0.5, 0.6) is 0 Å². The zero-order valence-electron chi connectivity index (χ0n) is 14.2.